The van der Waals surface area contributed by atoms with E-state index < -0.39 is 5.82 Å². The minimum atomic E-state index is -0.576. The van der Waals surface area contributed by atoms with E-state index in [0.29, 0.717) is 6.42 Å². The largest absolute Gasteiger partial charge is 0.324 e. The maximum absolute atomic E-state index is 13.4. The highest BCUT2D eigenvalue weighted by molar-refractivity contribution is 6.31. The van der Waals surface area contributed by atoms with E-state index in [9.17, 15) is 9.18 Å². The lowest BCUT2D eigenvalue weighted by Crippen LogP contribution is -2.12. The second-order valence-electron chi connectivity index (χ2n) is 3.61. The predicted molar refractivity (Wildman–Crippen MR) is 64.2 cm³/mol. The number of carbonyl (C=O) groups is 1. The second kappa shape index (κ2) is 6.48. The van der Waals surface area contributed by atoms with Crippen molar-refractivity contribution in [2.24, 2.45) is 0 Å². The van der Waals surface area contributed by atoms with Gasteiger partial charge in [-0.15, -0.1) is 0 Å². The molecule has 0 saturated carbocycles. The van der Waals surface area contributed by atoms with Crippen LogP contribution in [0, 0.1) is 5.82 Å². The number of nitrogens with one attached hydrogen (secondary N) is 1. The fraction of sp³-hybridized carbons (Fsp3) is 0.417. The summed E-state index contributed by atoms with van der Waals surface area (Å²) in [6.45, 7) is 2.06. The van der Waals surface area contributed by atoms with Crippen molar-refractivity contribution >= 4 is 23.2 Å². The summed E-state index contributed by atoms with van der Waals surface area (Å²) in [7, 11) is 0. The summed E-state index contributed by atoms with van der Waals surface area (Å²) < 4.78 is 13.4. The number of amides is 1. The first kappa shape index (κ1) is 13.0. The Morgan fingerprint density at radius 2 is 2.19 bits per heavy atom. The average Bonchev–Trinajstić information content (AvgIpc) is 2.25. The summed E-state index contributed by atoms with van der Waals surface area (Å²) in [5, 5.41) is 2.53. The minimum Gasteiger partial charge on any atom is -0.324 e. The van der Waals surface area contributed by atoms with Gasteiger partial charge in [0.05, 0.1) is 10.7 Å². The third kappa shape index (κ3) is 3.81. The fourth-order valence-electron chi connectivity index (χ4n) is 1.35. The first-order chi connectivity index (χ1) is 7.65. The lowest BCUT2D eigenvalue weighted by Gasteiger charge is -2.06. The smallest absolute Gasteiger partial charge is 0.224 e. The van der Waals surface area contributed by atoms with Gasteiger partial charge in [0, 0.05) is 6.42 Å². The highest BCUT2D eigenvalue weighted by atomic mass is 35.5. The van der Waals surface area contributed by atoms with Crippen LogP contribution in [0.5, 0.6) is 0 Å². The zero-order valence-corrected chi connectivity index (χ0v) is 9.98. The molecule has 0 aliphatic carbocycles. The molecule has 0 unspecified atom stereocenters. The highest BCUT2D eigenvalue weighted by Crippen LogP contribution is 2.22. The number of hydrogen-bond donors (Lipinski definition) is 1. The van der Waals surface area contributed by atoms with E-state index >= 15 is 0 Å². The summed E-state index contributed by atoms with van der Waals surface area (Å²) in [5.74, 6) is -0.748. The van der Waals surface area contributed by atoms with Crippen LogP contribution in [0.2, 0.25) is 5.02 Å². The molecular formula is C12H15ClFNO. The second-order valence-corrected chi connectivity index (χ2v) is 4.01. The quantitative estimate of drug-likeness (QED) is 0.779. The molecule has 0 aromatic heterocycles. The number of benzene rings is 1. The van der Waals surface area contributed by atoms with Crippen LogP contribution in [0.3, 0.4) is 0 Å². The molecule has 1 aromatic rings. The van der Waals surface area contributed by atoms with Crippen molar-refractivity contribution < 1.29 is 9.18 Å². The Balaban J connectivity index is 2.53. The van der Waals surface area contributed by atoms with E-state index in [1.54, 1.807) is 6.07 Å². The Labute approximate surface area is 99.8 Å². The monoisotopic (exact) mass is 243 g/mol. The third-order valence-electron chi connectivity index (χ3n) is 2.23. The van der Waals surface area contributed by atoms with Gasteiger partial charge >= 0.3 is 0 Å². The number of halogens is 2. The van der Waals surface area contributed by atoms with E-state index in [4.69, 9.17) is 11.6 Å². The van der Waals surface area contributed by atoms with Crippen LogP contribution >= 0.6 is 11.6 Å². The molecule has 0 bridgehead atoms. The zero-order valence-electron chi connectivity index (χ0n) is 9.22. The number of rotatable bonds is 5. The molecule has 1 rings (SSSR count). The lowest BCUT2D eigenvalue weighted by molar-refractivity contribution is -0.116. The van der Waals surface area contributed by atoms with E-state index in [0.717, 1.165) is 19.3 Å². The van der Waals surface area contributed by atoms with Crippen molar-refractivity contribution in [1.29, 1.82) is 0 Å². The van der Waals surface area contributed by atoms with Gasteiger partial charge in [0.15, 0.2) is 5.82 Å². The van der Waals surface area contributed by atoms with Gasteiger partial charge in [-0.2, -0.15) is 0 Å². The molecule has 0 heterocycles. The van der Waals surface area contributed by atoms with Crippen molar-refractivity contribution in [3.05, 3.63) is 29.0 Å². The molecular weight excluding hydrogens is 229 g/mol. The summed E-state index contributed by atoms with van der Waals surface area (Å²) in [5.41, 5.74) is 0.147. The minimum absolute atomic E-state index is 0.0198. The molecule has 0 spiro atoms. The van der Waals surface area contributed by atoms with Gasteiger partial charge in [0.2, 0.25) is 5.91 Å². The first-order valence-electron chi connectivity index (χ1n) is 5.39. The molecule has 0 saturated heterocycles. The van der Waals surface area contributed by atoms with Gasteiger partial charge in [-0.3, -0.25) is 4.79 Å². The van der Waals surface area contributed by atoms with Crippen LogP contribution < -0.4 is 5.32 Å². The predicted octanol–water partition coefficient (Wildman–Crippen LogP) is 4.00. The summed E-state index contributed by atoms with van der Waals surface area (Å²) >= 11 is 5.60. The standard InChI is InChI=1S/C12H15ClFNO/c1-2-3-4-8-11(16)15-10-7-5-6-9(13)12(10)14/h5-7H,2-4,8H2,1H3,(H,15,16). The Hall–Kier alpha value is -1.09. The van der Waals surface area contributed by atoms with E-state index in [1.807, 2.05) is 0 Å². The van der Waals surface area contributed by atoms with Crippen molar-refractivity contribution in [3.8, 4) is 0 Å². The number of carbonyl (C=O) groups excluding carboxylic acids is 1. The zero-order chi connectivity index (χ0) is 12.0. The van der Waals surface area contributed by atoms with Crippen LogP contribution in [0.15, 0.2) is 18.2 Å². The van der Waals surface area contributed by atoms with Gasteiger partial charge in [-0.05, 0) is 18.6 Å². The summed E-state index contributed by atoms with van der Waals surface area (Å²) in [6, 6.07) is 4.55. The van der Waals surface area contributed by atoms with Crippen molar-refractivity contribution in [2.45, 2.75) is 32.6 Å². The number of unbranched alkanes of at least 4 members (excludes halogenated alkanes) is 2. The Bertz CT molecular complexity index is 368. The van der Waals surface area contributed by atoms with Crippen molar-refractivity contribution in [2.75, 3.05) is 5.32 Å². The van der Waals surface area contributed by atoms with Crippen molar-refractivity contribution in [3.63, 3.8) is 0 Å². The molecule has 16 heavy (non-hydrogen) atoms. The van der Waals surface area contributed by atoms with Crippen LogP contribution in [0.4, 0.5) is 10.1 Å². The maximum atomic E-state index is 13.4. The number of hydrogen-bond acceptors (Lipinski definition) is 1. The van der Waals surface area contributed by atoms with Gasteiger partial charge in [0.1, 0.15) is 0 Å². The molecule has 0 fully saturated rings. The van der Waals surface area contributed by atoms with Crippen LogP contribution in [0.1, 0.15) is 32.6 Å². The van der Waals surface area contributed by atoms with E-state index in [2.05, 4.69) is 12.2 Å². The van der Waals surface area contributed by atoms with Gasteiger partial charge < -0.3 is 5.32 Å². The average molecular weight is 244 g/mol. The Kier molecular flexibility index (Phi) is 5.26. The van der Waals surface area contributed by atoms with Gasteiger partial charge in [0.25, 0.3) is 0 Å². The molecule has 0 radical (unpaired) electrons. The van der Waals surface area contributed by atoms with E-state index in [-0.39, 0.29) is 16.6 Å². The third-order valence-corrected chi connectivity index (χ3v) is 2.52. The lowest BCUT2D eigenvalue weighted by atomic mass is 10.2. The normalized spacial score (nSPS) is 10.2. The molecule has 88 valence electrons. The molecule has 1 N–H and O–H groups in total. The Morgan fingerprint density at radius 3 is 2.88 bits per heavy atom. The molecule has 0 aliphatic heterocycles. The maximum Gasteiger partial charge on any atom is 0.224 e. The van der Waals surface area contributed by atoms with Crippen LogP contribution in [0.25, 0.3) is 0 Å². The van der Waals surface area contributed by atoms with Crippen LogP contribution in [-0.4, -0.2) is 5.91 Å². The molecule has 4 heteroatoms. The Morgan fingerprint density at radius 1 is 1.44 bits per heavy atom. The fourth-order valence-corrected chi connectivity index (χ4v) is 1.52. The molecule has 1 amide bonds. The molecule has 0 aliphatic rings. The van der Waals surface area contributed by atoms with Crippen molar-refractivity contribution in [1.82, 2.24) is 0 Å². The SMILES string of the molecule is CCCCCC(=O)Nc1cccc(Cl)c1F. The molecule has 2 nitrogen and oxygen atoms in total. The summed E-state index contributed by atoms with van der Waals surface area (Å²) in [6.07, 6.45) is 3.30. The number of anilines is 1. The molecule has 1 aromatic carbocycles. The first-order valence-corrected chi connectivity index (χ1v) is 5.76. The van der Waals surface area contributed by atoms with Gasteiger partial charge in [-0.25, -0.2) is 4.39 Å². The molecule has 0 atom stereocenters. The van der Waals surface area contributed by atoms with Gasteiger partial charge in [-0.1, -0.05) is 37.4 Å². The topological polar surface area (TPSA) is 29.1 Å². The highest BCUT2D eigenvalue weighted by Gasteiger charge is 2.08. The van der Waals surface area contributed by atoms with E-state index in [1.165, 1.54) is 12.1 Å². The van der Waals surface area contributed by atoms with Crippen LogP contribution in [-0.2, 0) is 4.79 Å². The summed E-state index contributed by atoms with van der Waals surface area (Å²) in [4.78, 5) is 11.4.